The number of amides is 1. The topological polar surface area (TPSA) is 89.3 Å². The molecule has 0 heterocycles. The molecule has 7 heteroatoms. The van der Waals surface area contributed by atoms with Crippen LogP contribution in [0.15, 0.2) is 12.7 Å². The fourth-order valence-electron chi connectivity index (χ4n) is 2.13. The van der Waals surface area contributed by atoms with Gasteiger partial charge in [-0.25, -0.2) is 12.8 Å². The Labute approximate surface area is 106 Å². The number of halogens is 1. The maximum Gasteiger partial charge on any atom is 0.243 e. The molecule has 0 spiro atoms. The molecule has 2 atom stereocenters. The van der Waals surface area contributed by atoms with E-state index in [1.165, 1.54) is 0 Å². The molecule has 2 rings (SSSR count). The van der Waals surface area contributed by atoms with E-state index in [1.807, 2.05) is 4.72 Å². The Morgan fingerprint density at radius 2 is 2.17 bits per heavy atom. The molecule has 0 bridgehead atoms. The summed E-state index contributed by atoms with van der Waals surface area (Å²) in [5, 5.41) is 0. The van der Waals surface area contributed by atoms with Gasteiger partial charge in [-0.1, -0.05) is 6.08 Å². The summed E-state index contributed by atoms with van der Waals surface area (Å²) in [5.41, 5.74) is 5.04. The molecule has 0 saturated heterocycles. The molecule has 0 aromatic rings. The Morgan fingerprint density at radius 3 is 2.50 bits per heavy atom. The Hall–Kier alpha value is -0.950. The predicted molar refractivity (Wildman–Crippen MR) is 64.8 cm³/mol. The highest BCUT2D eigenvalue weighted by molar-refractivity contribution is 7.91. The largest absolute Gasteiger partial charge is 0.330 e. The lowest BCUT2D eigenvalue weighted by molar-refractivity contribution is -0.121. The number of rotatable bonds is 6. The van der Waals surface area contributed by atoms with Crippen LogP contribution in [0.2, 0.25) is 0 Å². The van der Waals surface area contributed by atoms with Gasteiger partial charge in [0.25, 0.3) is 0 Å². The normalized spacial score (nSPS) is 32.7. The van der Waals surface area contributed by atoms with Crippen molar-refractivity contribution in [3.8, 4) is 0 Å². The molecule has 2 aliphatic rings. The van der Waals surface area contributed by atoms with Crippen molar-refractivity contribution in [3.63, 3.8) is 0 Å². The molecule has 102 valence electrons. The lowest BCUT2D eigenvalue weighted by Crippen LogP contribution is -2.42. The summed E-state index contributed by atoms with van der Waals surface area (Å²) in [6.07, 6.45) is 2.61. The highest BCUT2D eigenvalue weighted by atomic mass is 32.2. The Kier molecular flexibility index (Phi) is 3.02. The number of hydrogen-bond donors (Lipinski definition) is 2. The molecule has 0 aliphatic heterocycles. The fraction of sp³-hybridized carbons (Fsp3) is 0.727. The second-order valence-electron chi connectivity index (χ2n) is 5.18. The summed E-state index contributed by atoms with van der Waals surface area (Å²) >= 11 is 0. The van der Waals surface area contributed by atoms with E-state index in [9.17, 15) is 17.6 Å². The zero-order valence-electron chi connectivity index (χ0n) is 9.99. The van der Waals surface area contributed by atoms with Gasteiger partial charge in [0.15, 0.2) is 0 Å². The van der Waals surface area contributed by atoms with Gasteiger partial charge in [-0.05, 0) is 19.3 Å². The number of alkyl halides is 1. The second-order valence-corrected chi connectivity index (χ2v) is 7.26. The molecule has 0 unspecified atom stereocenters. The van der Waals surface area contributed by atoms with Crippen LogP contribution in [0, 0.1) is 11.3 Å². The standard InChI is InChI=1S/C11H17FN2O3S/c1-2-10(7-13)5-8(10)9(15)14-18(16,17)11(6-12)3-4-11/h2,8H,1,3-7,13H2,(H,14,15)/t8-,10+/m1/s1. The van der Waals surface area contributed by atoms with Crippen molar-refractivity contribution in [2.75, 3.05) is 13.2 Å². The van der Waals surface area contributed by atoms with Crippen LogP contribution in [0.25, 0.3) is 0 Å². The lowest BCUT2D eigenvalue weighted by Gasteiger charge is -2.14. The van der Waals surface area contributed by atoms with Gasteiger partial charge in [0.2, 0.25) is 15.9 Å². The zero-order valence-corrected chi connectivity index (χ0v) is 10.8. The van der Waals surface area contributed by atoms with E-state index in [0.29, 0.717) is 6.42 Å². The first kappa shape index (κ1) is 13.5. The SMILES string of the molecule is C=C[C@@]1(CN)C[C@@H]1C(=O)NS(=O)(=O)C1(CF)CC1. The minimum Gasteiger partial charge on any atom is -0.330 e. The van der Waals surface area contributed by atoms with Gasteiger partial charge < -0.3 is 5.73 Å². The molecule has 5 nitrogen and oxygen atoms in total. The van der Waals surface area contributed by atoms with Crippen LogP contribution in [0.1, 0.15) is 19.3 Å². The molecule has 2 saturated carbocycles. The van der Waals surface area contributed by atoms with Crippen LogP contribution in [-0.4, -0.2) is 32.3 Å². The molecule has 2 aliphatic carbocycles. The number of sulfonamides is 1. The number of carbonyl (C=O) groups excluding carboxylic acids is 1. The predicted octanol–water partition coefficient (Wildman–Crippen LogP) is 0.0855. The maximum absolute atomic E-state index is 12.7. The number of nitrogens with two attached hydrogens (primary N) is 1. The number of nitrogens with one attached hydrogen (secondary N) is 1. The first-order chi connectivity index (χ1) is 8.36. The highest BCUT2D eigenvalue weighted by Crippen LogP contribution is 2.53. The molecule has 18 heavy (non-hydrogen) atoms. The van der Waals surface area contributed by atoms with Gasteiger partial charge in [0.05, 0.1) is 5.92 Å². The Bertz CT molecular complexity index is 487. The van der Waals surface area contributed by atoms with Crippen LogP contribution >= 0.6 is 0 Å². The summed E-state index contributed by atoms with van der Waals surface area (Å²) in [7, 11) is -3.92. The van der Waals surface area contributed by atoms with E-state index in [0.717, 1.165) is 0 Å². The third kappa shape index (κ3) is 1.85. The summed E-state index contributed by atoms with van der Waals surface area (Å²) in [6.45, 7) is 2.90. The van der Waals surface area contributed by atoms with Crippen LogP contribution in [-0.2, 0) is 14.8 Å². The van der Waals surface area contributed by atoms with Gasteiger partial charge in [-0.3, -0.25) is 9.52 Å². The van der Waals surface area contributed by atoms with E-state index in [4.69, 9.17) is 5.73 Å². The van der Waals surface area contributed by atoms with Gasteiger partial charge in [-0.2, -0.15) is 0 Å². The highest BCUT2D eigenvalue weighted by Gasteiger charge is 2.59. The van der Waals surface area contributed by atoms with Crippen LogP contribution < -0.4 is 10.5 Å². The second kappa shape index (κ2) is 4.03. The van der Waals surface area contributed by atoms with E-state index >= 15 is 0 Å². The van der Waals surface area contributed by atoms with Crippen molar-refractivity contribution in [1.29, 1.82) is 0 Å². The monoisotopic (exact) mass is 276 g/mol. The van der Waals surface area contributed by atoms with Crippen molar-refractivity contribution in [2.24, 2.45) is 17.1 Å². The summed E-state index contributed by atoms with van der Waals surface area (Å²) in [5.74, 6) is -1.06. The molecular weight excluding hydrogens is 259 g/mol. The minimum atomic E-state index is -3.92. The van der Waals surface area contributed by atoms with Crippen molar-refractivity contribution >= 4 is 15.9 Å². The van der Waals surface area contributed by atoms with Crippen LogP contribution in [0.3, 0.4) is 0 Å². The summed E-state index contributed by atoms with van der Waals surface area (Å²) in [4.78, 5) is 11.8. The third-order valence-corrected chi connectivity index (χ3v) is 6.20. The summed E-state index contributed by atoms with van der Waals surface area (Å²) < 4.78 is 37.0. The smallest absolute Gasteiger partial charge is 0.243 e. The quantitative estimate of drug-likeness (QED) is 0.673. The van der Waals surface area contributed by atoms with Crippen LogP contribution in [0.5, 0.6) is 0 Å². The van der Waals surface area contributed by atoms with Crippen molar-refractivity contribution in [1.82, 2.24) is 4.72 Å². The van der Waals surface area contributed by atoms with Gasteiger partial charge in [-0.15, -0.1) is 6.58 Å². The molecule has 1 amide bonds. The Morgan fingerprint density at radius 1 is 1.56 bits per heavy atom. The van der Waals surface area contributed by atoms with Crippen molar-refractivity contribution < 1.29 is 17.6 Å². The van der Waals surface area contributed by atoms with E-state index in [-0.39, 0.29) is 19.4 Å². The van der Waals surface area contributed by atoms with Crippen LogP contribution in [0.4, 0.5) is 4.39 Å². The van der Waals surface area contributed by atoms with E-state index < -0.39 is 38.7 Å². The van der Waals surface area contributed by atoms with Gasteiger partial charge >= 0.3 is 0 Å². The molecule has 0 radical (unpaired) electrons. The first-order valence-electron chi connectivity index (χ1n) is 5.82. The average molecular weight is 276 g/mol. The van der Waals surface area contributed by atoms with Gasteiger partial charge in [0, 0.05) is 12.0 Å². The summed E-state index contributed by atoms with van der Waals surface area (Å²) in [6, 6.07) is 0. The maximum atomic E-state index is 12.7. The lowest BCUT2D eigenvalue weighted by atomic mass is 10.0. The molecule has 2 fully saturated rings. The molecule has 3 N–H and O–H groups in total. The minimum absolute atomic E-state index is 0.253. The van der Waals surface area contributed by atoms with Gasteiger partial charge in [0.1, 0.15) is 11.4 Å². The first-order valence-corrected chi connectivity index (χ1v) is 7.30. The third-order valence-electron chi connectivity index (χ3n) is 4.08. The van der Waals surface area contributed by atoms with E-state index in [2.05, 4.69) is 6.58 Å². The average Bonchev–Trinajstić information content (AvgIpc) is 3.22. The van der Waals surface area contributed by atoms with Crippen molar-refractivity contribution in [3.05, 3.63) is 12.7 Å². The zero-order chi connectivity index (χ0) is 13.6. The molecule has 0 aromatic heterocycles. The number of carbonyl (C=O) groups is 1. The molecule has 0 aromatic carbocycles. The molecular formula is C11H17FN2O3S. The fourth-order valence-corrected chi connectivity index (χ4v) is 3.54. The number of hydrogen-bond acceptors (Lipinski definition) is 4. The Balaban J connectivity index is 2.04. The van der Waals surface area contributed by atoms with E-state index in [1.54, 1.807) is 6.08 Å². The van der Waals surface area contributed by atoms with Crippen molar-refractivity contribution in [2.45, 2.75) is 24.0 Å².